The summed E-state index contributed by atoms with van der Waals surface area (Å²) >= 11 is 1.72. The van der Waals surface area contributed by atoms with E-state index in [0.29, 0.717) is 6.54 Å². The van der Waals surface area contributed by atoms with Crippen molar-refractivity contribution in [1.29, 1.82) is 0 Å². The molecule has 0 aliphatic carbocycles. The highest BCUT2D eigenvalue weighted by Gasteiger charge is 2.30. The van der Waals surface area contributed by atoms with E-state index in [1.54, 1.807) is 18.4 Å². The van der Waals surface area contributed by atoms with Crippen molar-refractivity contribution >= 4 is 17.3 Å². The molecule has 0 aromatic carbocycles. The molecular formula is C17H21F3N4OS. The van der Waals surface area contributed by atoms with Crippen molar-refractivity contribution in [3.05, 3.63) is 46.3 Å². The first-order valence-corrected chi connectivity index (χ1v) is 8.88. The molecule has 0 aliphatic heterocycles. The highest BCUT2D eigenvalue weighted by Crippen LogP contribution is 2.29. The van der Waals surface area contributed by atoms with Crippen molar-refractivity contribution in [1.82, 2.24) is 15.2 Å². The lowest BCUT2D eigenvalue weighted by Gasteiger charge is -2.21. The number of aromatic nitrogens is 1. The summed E-state index contributed by atoms with van der Waals surface area (Å²) in [7, 11) is 3.64. The number of thiophene rings is 1. The molecule has 0 fully saturated rings. The third-order valence-corrected chi connectivity index (χ3v) is 4.48. The lowest BCUT2D eigenvalue weighted by atomic mass is 10.3. The first-order valence-electron chi connectivity index (χ1n) is 8.00. The quantitative estimate of drug-likeness (QED) is 0.451. The number of nitrogens with one attached hydrogen (secondary N) is 1. The molecule has 0 bridgehead atoms. The Bertz CT molecular complexity index is 687. The number of pyridine rings is 1. The predicted octanol–water partition coefficient (Wildman–Crippen LogP) is 3.29. The number of hydrogen-bond donors (Lipinski definition) is 1. The second kappa shape index (κ2) is 9.42. The largest absolute Gasteiger partial charge is 0.476 e. The van der Waals surface area contributed by atoms with E-state index in [1.165, 1.54) is 10.9 Å². The number of rotatable bonds is 7. The maximum atomic E-state index is 12.5. The van der Waals surface area contributed by atoms with Gasteiger partial charge in [0, 0.05) is 37.8 Å². The number of halogens is 3. The molecule has 26 heavy (non-hydrogen) atoms. The van der Waals surface area contributed by atoms with Crippen LogP contribution in [0.2, 0.25) is 0 Å². The minimum Gasteiger partial charge on any atom is -0.476 e. The van der Waals surface area contributed by atoms with E-state index >= 15 is 0 Å². The summed E-state index contributed by atoms with van der Waals surface area (Å²) in [5, 5.41) is 5.20. The van der Waals surface area contributed by atoms with Crippen LogP contribution in [0.3, 0.4) is 0 Å². The topological polar surface area (TPSA) is 49.8 Å². The molecule has 2 heterocycles. The Labute approximate surface area is 154 Å². The van der Waals surface area contributed by atoms with Gasteiger partial charge >= 0.3 is 6.18 Å². The van der Waals surface area contributed by atoms with Crippen molar-refractivity contribution < 1.29 is 17.9 Å². The number of hydrogen-bond acceptors (Lipinski definition) is 4. The van der Waals surface area contributed by atoms with Crippen LogP contribution in [0.1, 0.15) is 10.4 Å². The van der Waals surface area contributed by atoms with Gasteiger partial charge in [0.25, 0.3) is 0 Å². The zero-order valence-electron chi connectivity index (χ0n) is 14.6. The molecule has 9 heteroatoms. The van der Waals surface area contributed by atoms with Crippen LogP contribution in [0, 0.1) is 0 Å². The molecule has 2 aromatic rings. The summed E-state index contributed by atoms with van der Waals surface area (Å²) < 4.78 is 42.8. The molecule has 0 saturated heterocycles. The molecule has 0 unspecified atom stereocenters. The maximum absolute atomic E-state index is 12.5. The maximum Gasteiger partial charge on any atom is 0.417 e. The van der Waals surface area contributed by atoms with Crippen LogP contribution in [-0.4, -0.2) is 49.6 Å². The van der Waals surface area contributed by atoms with Gasteiger partial charge in [-0.05, 0) is 23.9 Å². The van der Waals surface area contributed by atoms with Crippen molar-refractivity contribution in [3.8, 4) is 5.88 Å². The van der Waals surface area contributed by atoms with Crippen molar-refractivity contribution in [3.63, 3.8) is 0 Å². The molecule has 1 N–H and O–H groups in total. The van der Waals surface area contributed by atoms with Crippen LogP contribution in [0.15, 0.2) is 40.8 Å². The number of ether oxygens (including phenoxy) is 1. The Morgan fingerprint density at radius 3 is 2.73 bits per heavy atom. The highest BCUT2D eigenvalue weighted by atomic mass is 32.1. The zero-order valence-corrected chi connectivity index (χ0v) is 15.4. The fourth-order valence-electron chi connectivity index (χ4n) is 2.18. The van der Waals surface area contributed by atoms with Gasteiger partial charge in [0.2, 0.25) is 5.88 Å². The predicted molar refractivity (Wildman–Crippen MR) is 96.7 cm³/mol. The number of guanidine groups is 1. The first kappa shape index (κ1) is 20.0. The summed E-state index contributed by atoms with van der Waals surface area (Å²) in [5.41, 5.74) is -0.796. The van der Waals surface area contributed by atoms with Crippen LogP contribution in [0.4, 0.5) is 13.2 Å². The standard InChI is InChI=1S/C17H21F3N4OS/c1-21-16(24(2)9-7-14-4-3-11-26-14)22-8-10-25-15-6-5-13(12-23-15)17(18,19)20/h3-6,11-12H,7-10H2,1-2H3,(H,21,22). The lowest BCUT2D eigenvalue weighted by molar-refractivity contribution is -0.137. The molecule has 142 valence electrons. The summed E-state index contributed by atoms with van der Waals surface area (Å²) in [5.74, 6) is 0.881. The monoisotopic (exact) mass is 386 g/mol. The van der Waals surface area contributed by atoms with Crippen LogP contribution in [-0.2, 0) is 12.6 Å². The van der Waals surface area contributed by atoms with Gasteiger partial charge in [-0.2, -0.15) is 13.2 Å². The van der Waals surface area contributed by atoms with Crippen LogP contribution in [0.25, 0.3) is 0 Å². The third-order valence-electron chi connectivity index (χ3n) is 3.55. The molecule has 0 atom stereocenters. The van der Waals surface area contributed by atoms with Crippen LogP contribution < -0.4 is 10.1 Å². The van der Waals surface area contributed by atoms with Gasteiger partial charge < -0.3 is 15.0 Å². The first-order chi connectivity index (χ1) is 12.4. The second-order valence-electron chi connectivity index (χ2n) is 5.46. The smallest absolute Gasteiger partial charge is 0.417 e. The fourth-order valence-corrected chi connectivity index (χ4v) is 2.87. The van der Waals surface area contributed by atoms with Crippen LogP contribution in [0.5, 0.6) is 5.88 Å². The van der Waals surface area contributed by atoms with Crippen molar-refractivity contribution in [2.45, 2.75) is 12.6 Å². The van der Waals surface area contributed by atoms with E-state index in [9.17, 15) is 13.2 Å². The molecule has 2 aromatic heterocycles. The molecule has 0 saturated carbocycles. The summed E-state index contributed by atoms with van der Waals surface area (Å²) in [6.07, 6.45) is -2.70. The molecule has 2 rings (SSSR count). The fraction of sp³-hybridized carbons (Fsp3) is 0.412. The minimum absolute atomic E-state index is 0.154. The van der Waals surface area contributed by atoms with Gasteiger partial charge in [0.15, 0.2) is 5.96 Å². The molecule has 5 nitrogen and oxygen atoms in total. The van der Waals surface area contributed by atoms with E-state index in [-0.39, 0.29) is 12.5 Å². The van der Waals surface area contributed by atoms with Crippen molar-refractivity contribution in [2.24, 2.45) is 4.99 Å². The Kier molecular flexibility index (Phi) is 7.26. The van der Waals surface area contributed by atoms with Gasteiger partial charge in [-0.3, -0.25) is 4.99 Å². The van der Waals surface area contributed by atoms with Gasteiger partial charge in [0.05, 0.1) is 12.1 Å². The van der Waals surface area contributed by atoms with Crippen molar-refractivity contribution in [2.75, 3.05) is 33.8 Å². The normalized spacial score (nSPS) is 12.1. The van der Waals surface area contributed by atoms with E-state index in [0.717, 1.165) is 31.2 Å². The number of nitrogens with zero attached hydrogens (tertiary/aromatic N) is 3. The average molecular weight is 386 g/mol. The summed E-state index contributed by atoms with van der Waals surface area (Å²) in [4.78, 5) is 11.2. The van der Waals surface area contributed by atoms with Gasteiger partial charge in [-0.15, -0.1) is 11.3 Å². The average Bonchev–Trinajstić information content (AvgIpc) is 3.13. The molecule has 0 radical (unpaired) electrons. The molecule has 0 amide bonds. The van der Waals surface area contributed by atoms with Crippen LogP contribution >= 0.6 is 11.3 Å². The Morgan fingerprint density at radius 2 is 2.15 bits per heavy atom. The van der Waals surface area contributed by atoms with Gasteiger partial charge in [-0.25, -0.2) is 4.98 Å². The second-order valence-corrected chi connectivity index (χ2v) is 6.49. The van der Waals surface area contributed by atoms with E-state index in [1.807, 2.05) is 18.0 Å². The number of aliphatic imine (C=N–C) groups is 1. The van der Waals surface area contributed by atoms with Gasteiger partial charge in [-0.1, -0.05) is 6.07 Å². The third kappa shape index (κ3) is 6.21. The molecular weight excluding hydrogens is 365 g/mol. The minimum atomic E-state index is -4.40. The van der Waals surface area contributed by atoms with Gasteiger partial charge in [0.1, 0.15) is 6.61 Å². The summed E-state index contributed by atoms with van der Waals surface area (Å²) in [6.45, 7) is 1.54. The Balaban J connectivity index is 1.71. The zero-order chi connectivity index (χ0) is 19.0. The SMILES string of the molecule is CN=C(NCCOc1ccc(C(F)(F)F)cn1)N(C)CCc1cccs1. The Morgan fingerprint density at radius 1 is 1.35 bits per heavy atom. The molecule has 0 spiro atoms. The lowest BCUT2D eigenvalue weighted by Crippen LogP contribution is -2.41. The van der Waals surface area contributed by atoms with E-state index in [2.05, 4.69) is 26.7 Å². The summed E-state index contributed by atoms with van der Waals surface area (Å²) in [6, 6.07) is 6.29. The highest BCUT2D eigenvalue weighted by molar-refractivity contribution is 7.09. The number of alkyl halides is 3. The molecule has 0 aliphatic rings. The van der Waals surface area contributed by atoms with E-state index < -0.39 is 11.7 Å². The number of likely N-dealkylation sites (N-methyl/N-ethyl adjacent to an activating group) is 1. The Hall–Kier alpha value is -2.29. The van der Waals surface area contributed by atoms with E-state index in [4.69, 9.17) is 4.74 Å².